The number of aromatic nitrogens is 4. The van der Waals surface area contributed by atoms with Crippen LogP contribution < -0.4 is 0 Å². The molecule has 51 heavy (non-hydrogen) atoms. The minimum absolute atomic E-state index is 1.11. The van der Waals surface area contributed by atoms with Crippen LogP contribution in [0.15, 0.2) is 182 Å². The van der Waals surface area contributed by atoms with Crippen molar-refractivity contribution in [1.29, 1.82) is 0 Å². The molecule has 0 aliphatic carbocycles. The van der Waals surface area contributed by atoms with Gasteiger partial charge in [-0.2, -0.15) is 0 Å². The Labute approximate surface area is 293 Å². The van der Waals surface area contributed by atoms with Gasteiger partial charge in [-0.15, -0.1) is 0 Å². The number of benzene rings is 7. The smallest absolute Gasteiger partial charge is 0.0724 e. The molecule has 11 aromatic rings. The largest absolute Gasteiger partial charge is 0.309 e. The van der Waals surface area contributed by atoms with E-state index in [0.29, 0.717) is 0 Å². The second-order valence-corrected chi connectivity index (χ2v) is 13.2. The Morgan fingerprint density at radius 1 is 0.333 bits per heavy atom. The maximum Gasteiger partial charge on any atom is 0.0724 e. The summed E-state index contributed by atoms with van der Waals surface area (Å²) in [5.74, 6) is 0. The van der Waals surface area contributed by atoms with Crippen LogP contribution in [0, 0.1) is 0 Å². The highest BCUT2D eigenvalue weighted by molar-refractivity contribution is 6.13. The van der Waals surface area contributed by atoms with Crippen LogP contribution in [0.4, 0.5) is 0 Å². The van der Waals surface area contributed by atoms with Gasteiger partial charge >= 0.3 is 0 Å². The number of hydrogen-bond donors (Lipinski definition) is 0. The molecular weight excluding hydrogens is 621 g/mol. The molecule has 11 rings (SSSR count). The molecule has 0 aliphatic rings. The van der Waals surface area contributed by atoms with E-state index >= 15 is 0 Å². The van der Waals surface area contributed by atoms with Gasteiger partial charge < -0.3 is 13.7 Å². The van der Waals surface area contributed by atoms with Crippen LogP contribution in [0.2, 0.25) is 0 Å². The molecule has 0 spiro atoms. The number of pyridine rings is 1. The van der Waals surface area contributed by atoms with Crippen molar-refractivity contribution in [2.45, 2.75) is 0 Å². The molecule has 0 aliphatic heterocycles. The maximum atomic E-state index is 4.51. The van der Waals surface area contributed by atoms with Crippen molar-refractivity contribution in [2.24, 2.45) is 0 Å². The molecule has 0 N–H and O–H groups in total. The second kappa shape index (κ2) is 10.8. The van der Waals surface area contributed by atoms with Gasteiger partial charge in [0.05, 0.1) is 45.0 Å². The normalized spacial score (nSPS) is 11.9. The number of para-hydroxylation sites is 5. The number of fused-ring (bicyclic) bond motifs is 9. The van der Waals surface area contributed by atoms with E-state index in [1.54, 1.807) is 0 Å². The lowest BCUT2D eigenvalue weighted by atomic mass is 10.0. The molecule has 0 saturated heterocycles. The first-order chi connectivity index (χ1) is 25.3. The van der Waals surface area contributed by atoms with E-state index in [1.165, 1.54) is 71.0 Å². The van der Waals surface area contributed by atoms with Crippen LogP contribution in [0.1, 0.15) is 0 Å². The summed E-state index contributed by atoms with van der Waals surface area (Å²) in [6.45, 7) is 0. The summed E-state index contributed by atoms with van der Waals surface area (Å²) in [5, 5.41) is 7.41. The van der Waals surface area contributed by atoms with E-state index in [4.69, 9.17) is 0 Å². The molecule has 0 bridgehead atoms. The van der Waals surface area contributed by atoms with Crippen LogP contribution in [-0.4, -0.2) is 18.7 Å². The summed E-state index contributed by atoms with van der Waals surface area (Å²) in [7, 11) is 0. The summed E-state index contributed by atoms with van der Waals surface area (Å²) < 4.78 is 7.17. The molecule has 0 saturated carbocycles. The molecule has 0 atom stereocenters. The minimum Gasteiger partial charge on any atom is -0.309 e. The van der Waals surface area contributed by atoms with Crippen LogP contribution in [0.5, 0.6) is 0 Å². The molecule has 4 aromatic heterocycles. The predicted molar refractivity (Wildman–Crippen MR) is 213 cm³/mol. The molecule has 0 unspecified atom stereocenters. The first-order valence-electron chi connectivity index (χ1n) is 17.4. The molecule has 4 nitrogen and oxygen atoms in total. The van der Waals surface area contributed by atoms with Gasteiger partial charge in [-0.1, -0.05) is 103 Å². The monoisotopic (exact) mass is 650 g/mol. The topological polar surface area (TPSA) is 27.7 Å². The highest BCUT2D eigenvalue weighted by Gasteiger charge is 2.19. The first kappa shape index (κ1) is 28.0. The van der Waals surface area contributed by atoms with Crippen LogP contribution >= 0.6 is 0 Å². The Balaban J connectivity index is 1.13. The molecule has 0 radical (unpaired) electrons. The zero-order valence-electron chi connectivity index (χ0n) is 27.6. The van der Waals surface area contributed by atoms with Crippen molar-refractivity contribution >= 4 is 65.4 Å². The number of nitrogens with zero attached hydrogens (tertiary/aromatic N) is 4. The van der Waals surface area contributed by atoms with Gasteiger partial charge in [0, 0.05) is 55.5 Å². The summed E-state index contributed by atoms with van der Waals surface area (Å²) in [5.41, 5.74) is 12.8. The summed E-state index contributed by atoms with van der Waals surface area (Å²) in [6, 6.07) is 61.6. The standard InChI is InChI=1S/C47H30N4/c1-6-19-41(34(14-1)31-12-11-13-32(28-31)49-42-20-7-2-15-35(42)36-16-3-8-21-43(36)49)51-45-23-10-5-18-38(45)40-29-33(24-25-46(40)51)50-44-22-9-4-17-37(44)39-26-27-48-30-47(39)50/h1-30H. The van der Waals surface area contributed by atoms with Crippen molar-refractivity contribution in [1.82, 2.24) is 18.7 Å². The average Bonchev–Trinajstić information content (AvgIpc) is 3.84. The fraction of sp³-hybridized carbons (Fsp3) is 0. The Kier molecular flexibility index (Phi) is 5.92. The number of hydrogen-bond acceptors (Lipinski definition) is 1. The van der Waals surface area contributed by atoms with Gasteiger partial charge in [-0.3, -0.25) is 4.98 Å². The Morgan fingerprint density at radius 3 is 1.53 bits per heavy atom. The Hall–Kier alpha value is -6.91. The van der Waals surface area contributed by atoms with E-state index in [-0.39, 0.29) is 0 Å². The summed E-state index contributed by atoms with van der Waals surface area (Å²) >= 11 is 0. The highest BCUT2D eigenvalue weighted by atomic mass is 15.0. The molecule has 7 aromatic carbocycles. The Bertz CT molecular complexity index is 3050. The lowest BCUT2D eigenvalue weighted by molar-refractivity contribution is 1.16. The quantitative estimate of drug-likeness (QED) is 0.186. The van der Waals surface area contributed by atoms with E-state index < -0.39 is 0 Å². The highest BCUT2D eigenvalue weighted by Crippen LogP contribution is 2.40. The third-order valence-corrected chi connectivity index (χ3v) is 10.5. The molecule has 0 amide bonds. The van der Waals surface area contributed by atoms with Gasteiger partial charge in [0.15, 0.2) is 0 Å². The number of rotatable bonds is 4. The first-order valence-corrected chi connectivity index (χ1v) is 17.4. The van der Waals surface area contributed by atoms with E-state index in [1.807, 2.05) is 12.4 Å². The maximum absolute atomic E-state index is 4.51. The van der Waals surface area contributed by atoms with Crippen LogP contribution in [0.25, 0.3) is 93.6 Å². The van der Waals surface area contributed by atoms with Crippen molar-refractivity contribution in [2.75, 3.05) is 0 Å². The van der Waals surface area contributed by atoms with E-state index in [0.717, 1.165) is 22.6 Å². The van der Waals surface area contributed by atoms with Gasteiger partial charge in [0.25, 0.3) is 0 Å². The summed E-state index contributed by atoms with van der Waals surface area (Å²) in [4.78, 5) is 4.51. The van der Waals surface area contributed by atoms with Gasteiger partial charge in [0.1, 0.15) is 0 Å². The zero-order chi connectivity index (χ0) is 33.5. The van der Waals surface area contributed by atoms with Gasteiger partial charge in [-0.25, -0.2) is 0 Å². The molecule has 4 heteroatoms. The fourth-order valence-electron chi connectivity index (χ4n) is 8.38. The van der Waals surface area contributed by atoms with Gasteiger partial charge in [-0.05, 0) is 72.3 Å². The van der Waals surface area contributed by atoms with Crippen molar-refractivity contribution in [3.8, 4) is 28.2 Å². The third-order valence-electron chi connectivity index (χ3n) is 10.5. The molecule has 0 fully saturated rings. The van der Waals surface area contributed by atoms with E-state index in [2.05, 4.69) is 189 Å². The molecule has 238 valence electrons. The molecule has 4 heterocycles. The lowest BCUT2D eigenvalue weighted by Crippen LogP contribution is -1.99. The predicted octanol–water partition coefficient (Wildman–Crippen LogP) is 12.0. The van der Waals surface area contributed by atoms with Crippen LogP contribution in [0.3, 0.4) is 0 Å². The van der Waals surface area contributed by atoms with Crippen molar-refractivity contribution in [3.63, 3.8) is 0 Å². The van der Waals surface area contributed by atoms with E-state index in [9.17, 15) is 0 Å². The fourth-order valence-corrected chi connectivity index (χ4v) is 8.38. The third kappa shape index (κ3) is 4.05. The van der Waals surface area contributed by atoms with Crippen molar-refractivity contribution in [3.05, 3.63) is 182 Å². The SMILES string of the molecule is c1cc(-c2ccccc2-n2c3ccccc3c3cc(-n4c5ccccc5c5ccncc54)ccc32)cc(-n2c3ccccc3c3ccccc32)c1. The Morgan fingerprint density at radius 2 is 0.843 bits per heavy atom. The lowest BCUT2D eigenvalue weighted by Gasteiger charge is -2.16. The van der Waals surface area contributed by atoms with Crippen molar-refractivity contribution < 1.29 is 0 Å². The van der Waals surface area contributed by atoms with Crippen LogP contribution in [-0.2, 0) is 0 Å². The minimum atomic E-state index is 1.11. The second-order valence-electron chi connectivity index (χ2n) is 13.2. The molecular formula is C47H30N4. The zero-order valence-corrected chi connectivity index (χ0v) is 27.6. The summed E-state index contributed by atoms with van der Waals surface area (Å²) in [6.07, 6.45) is 3.86. The van der Waals surface area contributed by atoms with Gasteiger partial charge in [0.2, 0.25) is 0 Å². The average molecular weight is 651 g/mol.